The SMILES string of the molecule is CCOc1cc(-c2ccc(N3CCC(C)(N(C(=O)O)[C@H]4CCOC4)CC3)nc2)c2c(C#N)cnn2c1. The summed E-state index contributed by atoms with van der Waals surface area (Å²) in [5, 5.41) is 23.8. The Bertz CT molecular complexity index is 1280. The Morgan fingerprint density at radius 1 is 1.36 bits per heavy atom. The molecule has 0 radical (unpaired) electrons. The first kappa shape index (κ1) is 23.9. The molecule has 188 valence electrons. The van der Waals surface area contributed by atoms with E-state index < -0.39 is 11.6 Å². The number of amides is 1. The number of fused-ring (bicyclic) bond motifs is 1. The summed E-state index contributed by atoms with van der Waals surface area (Å²) >= 11 is 0. The number of pyridine rings is 2. The van der Waals surface area contributed by atoms with Gasteiger partial charge in [0, 0.05) is 42.6 Å². The summed E-state index contributed by atoms with van der Waals surface area (Å²) in [6, 6.07) is 8.02. The molecule has 0 saturated carbocycles. The molecule has 36 heavy (non-hydrogen) atoms. The molecule has 0 aromatic carbocycles. The Hall–Kier alpha value is -3.84. The smallest absolute Gasteiger partial charge is 0.408 e. The molecule has 1 atom stereocenters. The monoisotopic (exact) mass is 490 g/mol. The predicted molar refractivity (Wildman–Crippen MR) is 133 cm³/mol. The largest absolute Gasteiger partial charge is 0.492 e. The predicted octanol–water partition coefficient (Wildman–Crippen LogP) is 3.79. The molecule has 2 aliphatic heterocycles. The van der Waals surface area contributed by atoms with E-state index in [9.17, 15) is 15.2 Å². The van der Waals surface area contributed by atoms with Gasteiger partial charge in [0.15, 0.2) is 0 Å². The number of rotatable bonds is 6. The van der Waals surface area contributed by atoms with Crippen LogP contribution in [0.25, 0.3) is 16.6 Å². The zero-order chi connectivity index (χ0) is 25.3. The lowest BCUT2D eigenvalue weighted by Gasteiger charge is -2.47. The second kappa shape index (κ2) is 9.66. The first-order valence-electron chi connectivity index (χ1n) is 12.3. The minimum absolute atomic E-state index is 0.0809. The van der Waals surface area contributed by atoms with Gasteiger partial charge in [0.05, 0.1) is 42.7 Å². The third kappa shape index (κ3) is 4.31. The van der Waals surface area contributed by atoms with E-state index in [0.717, 1.165) is 36.2 Å². The van der Waals surface area contributed by atoms with Gasteiger partial charge in [-0.05, 0) is 51.3 Å². The third-order valence-corrected chi connectivity index (χ3v) is 7.30. The number of piperidine rings is 1. The van der Waals surface area contributed by atoms with Gasteiger partial charge in [0.1, 0.15) is 17.6 Å². The van der Waals surface area contributed by atoms with Crippen molar-refractivity contribution in [3.63, 3.8) is 0 Å². The number of ether oxygens (including phenoxy) is 2. The highest BCUT2D eigenvalue weighted by molar-refractivity contribution is 5.85. The average Bonchev–Trinajstić information content (AvgIpc) is 3.54. The number of hydrogen-bond donors (Lipinski definition) is 1. The molecular weight excluding hydrogens is 460 g/mol. The van der Waals surface area contributed by atoms with E-state index in [1.807, 2.05) is 38.2 Å². The van der Waals surface area contributed by atoms with Crippen molar-refractivity contribution in [3.8, 4) is 22.9 Å². The van der Waals surface area contributed by atoms with Gasteiger partial charge in [-0.2, -0.15) is 10.4 Å². The Balaban J connectivity index is 1.36. The summed E-state index contributed by atoms with van der Waals surface area (Å²) in [4.78, 5) is 20.7. The van der Waals surface area contributed by atoms with Crippen LogP contribution in [-0.4, -0.2) is 75.2 Å². The Kier molecular flexibility index (Phi) is 6.41. The van der Waals surface area contributed by atoms with Gasteiger partial charge in [0.2, 0.25) is 0 Å². The molecule has 0 bridgehead atoms. The van der Waals surface area contributed by atoms with Crippen molar-refractivity contribution >= 4 is 17.4 Å². The normalized spacial score (nSPS) is 19.2. The molecule has 0 aliphatic carbocycles. The van der Waals surface area contributed by atoms with Crippen molar-refractivity contribution in [3.05, 3.63) is 42.4 Å². The summed E-state index contributed by atoms with van der Waals surface area (Å²) in [7, 11) is 0. The van der Waals surface area contributed by atoms with E-state index >= 15 is 0 Å². The topological polar surface area (TPSA) is 116 Å². The van der Waals surface area contributed by atoms with Gasteiger partial charge in [-0.25, -0.2) is 14.3 Å². The van der Waals surface area contributed by atoms with Gasteiger partial charge in [-0.15, -0.1) is 0 Å². The maximum atomic E-state index is 12.1. The van der Waals surface area contributed by atoms with Crippen molar-refractivity contribution in [1.29, 1.82) is 5.26 Å². The van der Waals surface area contributed by atoms with Crippen LogP contribution in [0.15, 0.2) is 36.8 Å². The fraction of sp³-hybridized carbons (Fsp3) is 0.462. The van der Waals surface area contributed by atoms with Gasteiger partial charge in [-0.3, -0.25) is 4.90 Å². The summed E-state index contributed by atoms with van der Waals surface area (Å²) < 4.78 is 12.8. The lowest BCUT2D eigenvalue weighted by atomic mass is 9.86. The molecule has 1 amide bonds. The van der Waals surface area contributed by atoms with Crippen molar-refractivity contribution in [1.82, 2.24) is 19.5 Å². The highest BCUT2D eigenvalue weighted by Gasteiger charge is 2.43. The fourth-order valence-corrected chi connectivity index (χ4v) is 5.39. The standard InChI is InChI=1S/C26H30N6O4/c1-3-36-21-12-22(24-19(13-27)15-29-31(24)16-21)18-4-5-23(28-14-18)30-9-7-26(2,8-10-30)32(25(33)34)20-6-11-35-17-20/h4-5,12,14-16,20H,3,6-11,17H2,1-2H3,(H,33,34)/t20-/m0/s1. The lowest BCUT2D eigenvalue weighted by molar-refractivity contribution is 0.0340. The van der Waals surface area contributed by atoms with E-state index in [1.165, 1.54) is 0 Å². The number of carbonyl (C=O) groups is 1. The van der Waals surface area contributed by atoms with Crippen LogP contribution >= 0.6 is 0 Å². The molecule has 2 aliphatic rings. The summed E-state index contributed by atoms with van der Waals surface area (Å²) in [6.07, 6.45) is 6.45. The van der Waals surface area contributed by atoms with Crippen LogP contribution in [0.3, 0.4) is 0 Å². The van der Waals surface area contributed by atoms with Crippen molar-refractivity contribution in [2.45, 2.75) is 44.7 Å². The zero-order valence-electron chi connectivity index (χ0n) is 20.6. The van der Waals surface area contributed by atoms with Crippen LogP contribution in [0.1, 0.15) is 38.7 Å². The first-order valence-corrected chi connectivity index (χ1v) is 12.3. The maximum Gasteiger partial charge on any atom is 0.408 e. The number of aromatic nitrogens is 3. The summed E-state index contributed by atoms with van der Waals surface area (Å²) in [5.41, 5.74) is 2.47. The first-order chi connectivity index (χ1) is 17.4. The van der Waals surface area contributed by atoms with E-state index in [4.69, 9.17) is 14.5 Å². The highest BCUT2D eigenvalue weighted by Crippen LogP contribution is 2.35. The van der Waals surface area contributed by atoms with E-state index in [-0.39, 0.29) is 6.04 Å². The van der Waals surface area contributed by atoms with Crippen LogP contribution in [0.5, 0.6) is 5.75 Å². The molecule has 2 fully saturated rings. The maximum absolute atomic E-state index is 12.1. The average molecular weight is 491 g/mol. The van der Waals surface area contributed by atoms with Gasteiger partial charge < -0.3 is 19.5 Å². The number of carboxylic acid groups (broad SMARTS) is 1. The van der Waals surface area contributed by atoms with Crippen LogP contribution in [0.4, 0.5) is 10.6 Å². The van der Waals surface area contributed by atoms with Crippen LogP contribution in [0, 0.1) is 11.3 Å². The minimum atomic E-state index is -0.874. The van der Waals surface area contributed by atoms with Gasteiger partial charge in [-0.1, -0.05) is 0 Å². The third-order valence-electron chi connectivity index (χ3n) is 7.30. The molecule has 0 unspecified atom stereocenters. The van der Waals surface area contributed by atoms with Crippen LogP contribution < -0.4 is 9.64 Å². The van der Waals surface area contributed by atoms with E-state index in [0.29, 0.717) is 49.7 Å². The van der Waals surface area contributed by atoms with E-state index in [2.05, 4.69) is 16.1 Å². The van der Waals surface area contributed by atoms with Crippen molar-refractivity contribution in [2.24, 2.45) is 0 Å². The molecule has 3 aromatic rings. The Labute approximate surface area is 209 Å². The summed E-state index contributed by atoms with van der Waals surface area (Å²) in [6.45, 7) is 7.00. The second-order valence-corrected chi connectivity index (χ2v) is 9.54. The lowest BCUT2D eigenvalue weighted by Crippen LogP contribution is -2.59. The zero-order valence-corrected chi connectivity index (χ0v) is 20.6. The molecule has 5 rings (SSSR count). The van der Waals surface area contributed by atoms with Gasteiger partial charge in [0.25, 0.3) is 0 Å². The van der Waals surface area contributed by atoms with Crippen LogP contribution in [0.2, 0.25) is 0 Å². The van der Waals surface area contributed by atoms with Crippen molar-refractivity contribution < 1.29 is 19.4 Å². The molecule has 2 saturated heterocycles. The molecule has 1 N–H and O–H groups in total. The second-order valence-electron chi connectivity index (χ2n) is 9.54. The highest BCUT2D eigenvalue weighted by atomic mass is 16.5. The number of nitrogens with zero attached hydrogens (tertiary/aromatic N) is 6. The van der Waals surface area contributed by atoms with E-state index in [1.54, 1.807) is 21.8 Å². The Morgan fingerprint density at radius 3 is 2.78 bits per heavy atom. The molecule has 3 aromatic heterocycles. The number of anilines is 1. The van der Waals surface area contributed by atoms with Crippen molar-refractivity contribution in [2.75, 3.05) is 37.8 Å². The molecular formula is C26H30N6O4. The van der Waals surface area contributed by atoms with Gasteiger partial charge >= 0.3 is 6.09 Å². The molecule has 10 nitrogen and oxygen atoms in total. The number of nitriles is 1. The quantitative estimate of drug-likeness (QED) is 0.555. The minimum Gasteiger partial charge on any atom is -0.492 e. The summed E-state index contributed by atoms with van der Waals surface area (Å²) in [5.74, 6) is 1.51. The molecule has 0 spiro atoms. The Morgan fingerprint density at radius 2 is 2.17 bits per heavy atom. The fourth-order valence-electron chi connectivity index (χ4n) is 5.39. The molecule has 5 heterocycles. The number of hydrogen-bond acceptors (Lipinski definition) is 7. The van der Waals surface area contributed by atoms with Crippen LogP contribution in [-0.2, 0) is 4.74 Å². The molecule has 10 heteroatoms.